The zero-order valence-corrected chi connectivity index (χ0v) is 12.7. The number of aromatic nitrogens is 7. The second kappa shape index (κ2) is 6.00. The second-order valence-electron chi connectivity index (χ2n) is 5.10. The fraction of sp³-hybridized carbons (Fsp3) is 0.0667. The van der Waals surface area contributed by atoms with E-state index >= 15 is 0 Å². The maximum Gasteiger partial charge on any atom is 0.415 e. The molecule has 0 fully saturated rings. The van der Waals surface area contributed by atoms with Crippen LogP contribution in [0.2, 0.25) is 0 Å². The molecule has 4 aromatic rings. The van der Waals surface area contributed by atoms with E-state index in [-0.39, 0.29) is 0 Å². The Labute approximate surface area is 140 Å². The number of tetrazole rings is 1. The van der Waals surface area contributed by atoms with Crippen LogP contribution >= 0.6 is 0 Å². The van der Waals surface area contributed by atoms with Crippen LogP contribution in [0.4, 0.5) is 4.79 Å². The van der Waals surface area contributed by atoms with E-state index in [0.717, 1.165) is 9.95 Å². The molecule has 1 aromatic carbocycles. The summed E-state index contributed by atoms with van der Waals surface area (Å²) in [6.45, 7) is 0.347. The maximum absolute atomic E-state index is 11.1. The summed E-state index contributed by atoms with van der Waals surface area (Å²) in [6.07, 6.45) is 3.19. The molecule has 0 saturated heterocycles. The lowest BCUT2D eigenvalue weighted by molar-refractivity contribution is 0.197. The van der Waals surface area contributed by atoms with E-state index < -0.39 is 6.09 Å². The molecule has 25 heavy (non-hydrogen) atoms. The minimum atomic E-state index is -1.04. The van der Waals surface area contributed by atoms with Crippen LogP contribution < -0.4 is 4.74 Å². The van der Waals surface area contributed by atoms with Crippen LogP contribution in [-0.2, 0) is 6.54 Å². The third kappa shape index (κ3) is 3.00. The standard InChI is InChI=1S/C15H11N7O3/c23-15(24)21-4-3-10-5-12(1-2-13(10)21)25-14-6-11(16-8-17-14)7-22-19-9-18-20-22/h1-6,8-9H,7H2,(H,23,24). The summed E-state index contributed by atoms with van der Waals surface area (Å²) in [5, 5.41) is 21.2. The highest BCUT2D eigenvalue weighted by Gasteiger charge is 2.09. The van der Waals surface area contributed by atoms with Gasteiger partial charge in [-0.05, 0) is 29.5 Å². The van der Waals surface area contributed by atoms with Crippen molar-refractivity contribution in [1.82, 2.24) is 34.7 Å². The van der Waals surface area contributed by atoms with Crippen molar-refractivity contribution in [3.05, 3.63) is 54.9 Å². The first-order chi connectivity index (χ1) is 12.2. The number of rotatable bonds is 4. The molecule has 0 radical (unpaired) electrons. The minimum absolute atomic E-state index is 0.347. The summed E-state index contributed by atoms with van der Waals surface area (Å²) in [5.74, 6) is 0.904. The van der Waals surface area contributed by atoms with E-state index in [2.05, 4.69) is 25.4 Å². The van der Waals surface area contributed by atoms with Crippen molar-refractivity contribution in [2.24, 2.45) is 0 Å². The molecular weight excluding hydrogens is 326 g/mol. The molecule has 4 rings (SSSR count). The quantitative estimate of drug-likeness (QED) is 0.598. The van der Waals surface area contributed by atoms with Gasteiger partial charge in [0.05, 0.1) is 11.2 Å². The average molecular weight is 337 g/mol. The predicted molar refractivity (Wildman–Crippen MR) is 84.4 cm³/mol. The Balaban J connectivity index is 1.57. The first kappa shape index (κ1) is 14.8. The normalized spacial score (nSPS) is 10.9. The van der Waals surface area contributed by atoms with Gasteiger partial charge in [-0.1, -0.05) is 0 Å². The van der Waals surface area contributed by atoms with Gasteiger partial charge in [-0.3, -0.25) is 4.57 Å². The molecule has 0 atom stereocenters. The Bertz CT molecular complexity index is 1040. The van der Waals surface area contributed by atoms with Gasteiger partial charge in [0.1, 0.15) is 18.6 Å². The Morgan fingerprint density at radius 2 is 2.08 bits per heavy atom. The molecule has 0 bridgehead atoms. The largest absolute Gasteiger partial charge is 0.464 e. The van der Waals surface area contributed by atoms with Gasteiger partial charge in [-0.15, -0.1) is 10.2 Å². The first-order valence-electron chi connectivity index (χ1n) is 7.23. The first-order valence-corrected chi connectivity index (χ1v) is 7.23. The summed E-state index contributed by atoms with van der Waals surface area (Å²) < 4.78 is 6.89. The minimum Gasteiger partial charge on any atom is -0.464 e. The summed E-state index contributed by atoms with van der Waals surface area (Å²) in [7, 11) is 0. The zero-order valence-electron chi connectivity index (χ0n) is 12.7. The lowest BCUT2D eigenvalue weighted by Crippen LogP contribution is -2.06. The zero-order chi connectivity index (χ0) is 17.2. The number of hydrogen-bond acceptors (Lipinski definition) is 7. The molecule has 0 amide bonds. The van der Waals surface area contributed by atoms with E-state index in [1.165, 1.54) is 23.6 Å². The number of carboxylic acid groups (broad SMARTS) is 1. The summed E-state index contributed by atoms with van der Waals surface area (Å²) >= 11 is 0. The maximum atomic E-state index is 11.1. The van der Waals surface area contributed by atoms with Crippen molar-refractivity contribution >= 4 is 17.0 Å². The van der Waals surface area contributed by atoms with Crippen molar-refractivity contribution < 1.29 is 14.6 Å². The van der Waals surface area contributed by atoms with Gasteiger partial charge in [0.15, 0.2) is 6.33 Å². The average Bonchev–Trinajstić information content (AvgIpc) is 3.24. The highest BCUT2D eigenvalue weighted by molar-refractivity contribution is 5.89. The summed E-state index contributed by atoms with van der Waals surface area (Å²) in [5.41, 5.74) is 1.25. The lowest BCUT2D eigenvalue weighted by Gasteiger charge is -2.06. The van der Waals surface area contributed by atoms with Crippen molar-refractivity contribution in [2.45, 2.75) is 6.54 Å². The van der Waals surface area contributed by atoms with Gasteiger partial charge in [0.25, 0.3) is 0 Å². The fourth-order valence-corrected chi connectivity index (χ4v) is 2.40. The summed E-state index contributed by atoms with van der Waals surface area (Å²) in [4.78, 5) is 20.7. The highest BCUT2D eigenvalue weighted by Crippen LogP contribution is 2.25. The molecule has 0 saturated carbocycles. The topological polar surface area (TPSA) is 121 Å². The number of carbonyl (C=O) groups is 1. The molecule has 0 aliphatic carbocycles. The third-order valence-electron chi connectivity index (χ3n) is 3.48. The molecule has 3 aromatic heterocycles. The predicted octanol–water partition coefficient (Wildman–Crippen LogP) is 1.78. The van der Waals surface area contributed by atoms with Crippen molar-refractivity contribution in [2.75, 3.05) is 0 Å². The van der Waals surface area contributed by atoms with Crippen LogP contribution in [0.1, 0.15) is 5.69 Å². The van der Waals surface area contributed by atoms with Crippen molar-refractivity contribution in [3.63, 3.8) is 0 Å². The van der Waals surface area contributed by atoms with E-state index in [4.69, 9.17) is 9.84 Å². The van der Waals surface area contributed by atoms with Crippen molar-refractivity contribution in [1.29, 1.82) is 0 Å². The van der Waals surface area contributed by atoms with Gasteiger partial charge in [-0.2, -0.15) is 4.80 Å². The van der Waals surface area contributed by atoms with Gasteiger partial charge in [0, 0.05) is 17.6 Å². The monoisotopic (exact) mass is 337 g/mol. The van der Waals surface area contributed by atoms with Crippen LogP contribution in [0.3, 0.4) is 0 Å². The van der Waals surface area contributed by atoms with E-state index in [1.54, 1.807) is 30.3 Å². The second-order valence-corrected chi connectivity index (χ2v) is 5.10. The van der Waals surface area contributed by atoms with Crippen LogP contribution in [0.5, 0.6) is 11.6 Å². The number of hydrogen-bond donors (Lipinski definition) is 1. The number of benzene rings is 1. The van der Waals surface area contributed by atoms with Gasteiger partial charge in [-0.25, -0.2) is 14.8 Å². The van der Waals surface area contributed by atoms with Crippen LogP contribution in [0, 0.1) is 0 Å². The molecule has 10 heteroatoms. The molecule has 0 unspecified atom stereocenters. The Morgan fingerprint density at radius 1 is 1.16 bits per heavy atom. The Hall–Kier alpha value is -3.82. The van der Waals surface area contributed by atoms with E-state index in [0.29, 0.717) is 29.4 Å². The Kier molecular flexibility index (Phi) is 3.54. The van der Waals surface area contributed by atoms with Crippen LogP contribution in [-0.4, -0.2) is 45.9 Å². The lowest BCUT2D eigenvalue weighted by atomic mass is 10.2. The van der Waals surface area contributed by atoms with E-state index in [9.17, 15) is 4.79 Å². The van der Waals surface area contributed by atoms with Gasteiger partial charge < -0.3 is 9.84 Å². The van der Waals surface area contributed by atoms with E-state index in [1.807, 2.05) is 0 Å². The number of nitrogens with zero attached hydrogens (tertiary/aromatic N) is 7. The molecular formula is C15H11N7O3. The smallest absolute Gasteiger partial charge is 0.415 e. The SMILES string of the molecule is O=C(O)n1ccc2cc(Oc3cc(Cn4ncnn4)ncn3)ccc21. The van der Waals surface area contributed by atoms with Crippen LogP contribution in [0.15, 0.2) is 49.2 Å². The number of fused-ring (bicyclic) bond motifs is 1. The fourth-order valence-electron chi connectivity index (χ4n) is 2.40. The van der Waals surface area contributed by atoms with Crippen LogP contribution in [0.25, 0.3) is 10.9 Å². The summed E-state index contributed by atoms with van der Waals surface area (Å²) in [6, 6.07) is 8.49. The Morgan fingerprint density at radius 3 is 2.88 bits per heavy atom. The van der Waals surface area contributed by atoms with Gasteiger partial charge >= 0.3 is 6.09 Å². The third-order valence-corrected chi connectivity index (χ3v) is 3.48. The number of ether oxygens (including phenoxy) is 1. The molecule has 0 aliphatic heterocycles. The van der Waals surface area contributed by atoms with Crippen molar-refractivity contribution in [3.8, 4) is 11.6 Å². The highest BCUT2D eigenvalue weighted by atomic mass is 16.5. The van der Waals surface area contributed by atoms with Gasteiger partial charge in [0.2, 0.25) is 5.88 Å². The molecule has 3 heterocycles. The molecule has 0 aliphatic rings. The molecule has 0 spiro atoms. The molecule has 10 nitrogen and oxygen atoms in total. The molecule has 1 N–H and O–H groups in total. The molecule has 124 valence electrons.